The summed E-state index contributed by atoms with van der Waals surface area (Å²) in [5.74, 6) is 2.41. The first-order valence-corrected chi connectivity index (χ1v) is 9.11. The smallest absolute Gasteiger partial charge is 0.229 e. The molecule has 3 aromatic rings. The molecule has 5 heteroatoms. The molecule has 3 N–H and O–H groups in total. The predicted octanol–water partition coefficient (Wildman–Crippen LogP) is 4.87. The summed E-state index contributed by atoms with van der Waals surface area (Å²) in [5.41, 5.74) is 1.61. The third kappa shape index (κ3) is 3.92. The number of nitrogens with zero attached hydrogens (tertiary/aromatic N) is 2. The summed E-state index contributed by atoms with van der Waals surface area (Å²) in [7, 11) is 0. The minimum atomic E-state index is 0.199. The number of anilines is 3. The van der Waals surface area contributed by atoms with Crippen molar-refractivity contribution in [3.63, 3.8) is 0 Å². The molecule has 1 aromatic heterocycles. The average molecular weight is 358 g/mol. The highest BCUT2D eigenvalue weighted by molar-refractivity contribution is 5.90. The van der Waals surface area contributed by atoms with Crippen LogP contribution in [0.3, 0.4) is 0 Å². The minimum Gasteiger partial charge on any atom is -0.508 e. The Labute approximate surface area is 158 Å². The Bertz CT molecular complexity index is 1010. The van der Waals surface area contributed by atoms with Crippen LogP contribution in [0.1, 0.15) is 6.92 Å². The molecule has 1 heterocycles. The number of aromatic nitrogens is 2. The standard InChI is InChI=1S/C22H22N4O/c1-15-7-2-3-8-16(15)14-23-21-19-11-4-5-12-20(19)25-22(26-21)24-17-9-6-10-18(27)13-17/h2-13,15-16,27H,14H2,1H3,(H2,23,24,25,26). The summed E-state index contributed by atoms with van der Waals surface area (Å²) in [4.78, 5) is 9.28. The Morgan fingerprint density at radius 2 is 1.85 bits per heavy atom. The first kappa shape index (κ1) is 17.1. The quantitative estimate of drug-likeness (QED) is 0.607. The monoisotopic (exact) mass is 358 g/mol. The molecule has 0 saturated carbocycles. The normalized spacial score (nSPS) is 18.6. The molecule has 0 fully saturated rings. The van der Waals surface area contributed by atoms with E-state index >= 15 is 0 Å². The maximum Gasteiger partial charge on any atom is 0.229 e. The van der Waals surface area contributed by atoms with Gasteiger partial charge in [-0.3, -0.25) is 0 Å². The molecular weight excluding hydrogens is 336 g/mol. The van der Waals surface area contributed by atoms with Gasteiger partial charge in [0.25, 0.3) is 0 Å². The van der Waals surface area contributed by atoms with Gasteiger partial charge in [-0.15, -0.1) is 0 Å². The van der Waals surface area contributed by atoms with E-state index in [9.17, 15) is 5.11 Å². The number of hydrogen-bond donors (Lipinski definition) is 3. The third-order valence-corrected chi connectivity index (χ3v) is 4.77. The van der Waals surface area contributed by atoms with Crippen molar-refractivity contribution in [3.05, 3.63) is 72.8 Å². The lowest BCUT2D eigenvalue weighted by molar-refractivity contribution is 0.475. The number of para-hydroxylation sites is 1. The van der Waals surface area contributed by atoms with Crippen LogP contribution in [0, 0.1) is 11.8 Å². The summed E-state index contributed by atoms with van der Waals surface area (Å²) in [6.45, 7) is 3.02. The van der Waals surface area contributed by atoms with Crippen molar-refractivity contribution in [2.45, 2.75) is 6.92 Å². The van der Waals surface area contributed by atoms with Crippen LogP contribution in [0.15, 0.2) is 72.8 Å². The van der Waals surface area contributed by atoms with Crippen LogP contribution < -0.4 is 10.6 Å². The SMILES string of the molecule is CC1C=CC=CC1CNc1nc(Nc2cccc(O)c2)nc2ccccc12. The second-order valence-electron chi connectivity index (χ2n) is 6.76. The molecule has 0 radical (unpaired) electrons. The molecule has 2 atom stereocenters. The minimum absolute atomic E-state index is 0.199. The van der Waals surface area contributed by atoms with Crippen LogP contribution >= 0.6 is 0 Å². The van der Waals surface area contributed by atoms with Crippen molar-refractivity contribution in [2.24, 2.45) is 11.8 Å². The van der Waals surface area contributed by atoms with Crippen LogP contribution in [0.4, 0.5) is 17.5 Å². The van der Waals surface area contributed by atoms with Gasteiger partial charge in [-0.05, 0) is 30.2 Å². The van der Waals surface area contributed by atoms with Gasteiger partial charge in [-0.2, -0.15) is 4.98 Å². The van der Waals surface area contributed by atoms with E-state index < -0.39 is 0 Å². The maximum atomic E-state index is 9.67. The molecule has 2 unspecified atom stereocenters. The molecule has 136 valence electrons. The van der Waals surface area contributed by atoms with Gasteiger partial charge in [-0.1, -0.05) is 49.4 Å². The lowest BCUT2D eigenvalue weighted by atomic mass is 9.90. The van der Waals surface area contributed by atoms with E-state index in [4.69, 9.17) is 0 Å². The van der Waals surface area contributed by atoms with Gasteiger partial charge < -0.3 is 15.7 Å². The van der Waals surface area contributed by atoms with E-state index in [2.05, 4.69) is 51.8 Å². The maximum absolute atomic E-state index is 9.67. The number of benzene rings is 2. The van der Waals surface area contributed by atoms with Crippen molar-refractivity contribution in [3.8, 4) is 5.75 Å². The van der Waals surface area contributed by atoms with Gasteiger partial charge in [0.05, 0.1) is 5.52 Å². The van der Waals surface area contributed by atoms with E-state index in [0.717, 1.165) is 29.0 Å². The molecule has 27 heavy (non-hydrogen) atoms. The molecule has 0 saturated heterocycles. The molecule has 0 spiro atoms. The molecular formula is C22H22N4O. The lowest BCUT2D eigenvalue weighted by Gasteiger charge is -2.21. The highest BCUT2D eigenvalue weighted by Gasteiger charge is 2.15. The Hall–Kier alpha value is -3.34. The first-order valence-electron chi connectivity index (χ1n) is 9.11. The Morgan fingerprint density at radius 1 is 1.00 bits per heavy atom. The van der Waals surface area contributed by atoms with Crippen molar-refractivity contribution < 1.29 is 5.11 Å². The molecule has 0 aliphatic heterocycles. The van der Waals surface area contributed by atoms with Crippen LogP contribution in [-0.2, 0) is 0 Å². The van der Waals surface area contributed by atoms with Crippen LogP contribution in [-0.4, -0.2) is 21.6 Å². The number of hydrogen-bond acceptors (Lipinski definition) is 5. The van der Waals surface area contributed by atoms with Crippen LogP contribution in [0.5, 0.6) is 5.75 Å². The molecule has 1 aliphatic rings. The number of rotatable bonds is 5. The van der Waals surface area contributed by atoms with E-state index in [0.29, 0.717) is 17.8 Å². The third-order valence-electron chi connectivity index (χ3n) is 4.77. The van der Waals surface area contributed by atoms with Crippen molar-refractivity contribution >= 4 is 28.4 Å². The fourth-order valence-corrected chi connectivity index (χ4v) is 3.21. The molecule has 4 rings (SSSR count). The van der Waals surface area contributed by atoms with Crippen molar-refractivity contribution in [1.82, 2.24) is 9.97 Å². The van der Waals surface area contributed by atoms with Gasteiger partial charge >= 0.3 is 0 Å². The van der Waals surface area contributed by atoms with Crippen LogP contribution in [0.25, 0.3) is 10.9 Å². The number of phenols is 1. The summed E-state index contributed by atoms with van der Waals surface area (Å²) in [6.07, 6.45) is 8.64. The first-order chi connectivity index (χ1) is 13.2. The zero-order valence-electron chi connectivity index (χ0n) is 15.1. The molecule has 0 bridgehead atoms. The van der Waals surface area contributed by atoms with Gasteiger partial charge in [0, 0.05) is 29.6 Å². The van der Waals surface area contributed by atoms with E-state index in [1.54, 1.807) is 18.2 Å². The second-order valence-corrected chi connectivity index (χ2v) is 6.76. The number of fused-ring (bicyclic) bond motifs is 1. The van der Waals surface area contributed by atoms with Crippen molar-refractivity contribution in [2.75, 3.05) is 17.2 Å². The molecule has 0 amide bonds. The second kappa shape index (κ2) is 7.50. The highest BCUT2D eigenvalue weighted by Crippen LogP contribution is 2.26. The van der Waals surface area contributed by atoms with E-state index in [1.165, 1.54) is 0 Å². The van der Waals surface area contributed by atoms with Gasteiger partial charge in [0.2, 0.25) is 5.95 Å². The van der Waals surface area contributed by atoms with Crippen LogP contribution in [0.2, 0.25) is 0 Å². The summed E-state index contributed by atoms with van der Waals surface area (Å²) >= 11 is 0. The number of phenolic OH excluding ortho intramolecular Hbond substituents is 1. The van der Waals surface area contributed by atoms with Gasteiger partial charge in [0.15, 0.2) is 0 Å². The fraction of sp³-hybridized carbons (Fsp3) is 0.182. The highest BCUT2D eigenvalue weighted by atomic mass is 16.3. The zero-order chi connectivity index (χ0) is 18.6. The molecule has 1 aliphatic carbocycles. The summed E-state index contributed by atoms with van der Waals surface area (Å²) in [6, 6.07) is 14.9. The lowest BCUT2D eigenvalue weighted by Crippen LogP contribution is -2.20. The van der Waals surface area contributed by atoms with E-state index in [1.807, 2.05) is 30.3 Å². The Balaban J connectivity index is 1.62. The van der Waals surface area contributed by atoms with Crippen molar-refractivity contribution in [1.29, 1.82) is 0 Å². The van der Waals surface area contributed by atoms with Gasteiger partial charge in [0.1, 0.15) is 11.6 Å². The van der Waals surface area contributed by atoms with E-state index in [-0.39, 0.29) is 5.75 Å². The topological polar surface area (TPSA) is 70.1 Å². The Morgan fingerprint density at radius 3 is 2.70 bits per heavy atom. The largest absolute Gasteiger partial charge is 0.508 e. The zero-order valence-corrected chi connectivity index (χ0v) is 15.1. The summed E-state index contributed by atoms with van der Waals surface area (Å²) < 4.78 is 0. The molecule has 5 nitrogen and oxygen atoms in total. The predicted molar refractivity (Wildman–Crippen MR) is 110 cm³/mol. The van der Waals surface area contributed by atoms with Gasteiger partial charge in [-0.25, -0.2) is 4.98 Å². The number of nitrogens with one attached hydrogen (secondary N) is 2. The average Bonchev–Trinajstić information content (AvgIpc) is 2.67. The summed E-state index contributed by atoms with van der Waals surface area (Å²) in [5, 5.41) is 17.3. The number of aromatic hydroxyl groups is 1. The molecule has 2 aromatic carbocycles. The Kier molecular flexibility index (Phi) is 4.75. The number of allylic oxidation sites excluding steroid dienone is 3. The fourth-order valence-electron chi connectivity index (χ4n) is 3.21.